The molecule has 230 valence electrons. The van der Waals surface area contributed by atoms with Crippen LogP contribution in [0.25, 0.3) is 44.3 Å². The predicted octanol–water partition coefficient (Wildman–Crippen LogP) is 11.2. The van der Waals surface area contributed by atoms with Crippen LogP contribution in [0.5, 0.6) is 0 Å². The molecule has 5 heteroatoms. The van der Waals surface area contributed by atoms with E-state index in [-0.39, 0.29) is 5.56 Å². The van der Waals surface area contributed by atoms with Gasteiger partial charge >= 0.3 is 0 Å². The Morgan fingerprint density at radius 2 is 1.38 bits per heavy atom. The Balaban J connectivity index is 1.37. The van der Waals surface area contributed by atoms with Gasteiger partial charge in [0.15, 0.2) is 17.4 Å². The highest BCUT2D eigenvalue weighted by atomic mass is 15.2. The van der Waals surface area contributed by atoms with Gasteiger partial charge in [0.05, 0.1) is 28.5 Å². The van der Waals surface area contributed by atoms with Gasteiger partial charge in [0, 0.05) is 51.0 Å². The molecule has 3 heterocycles. The number of imidazole rings is 1. The van der Waals surface area contributed by atoms with E-state index in [1.165, 1.54) is 5.52 Å². The highest BCUT2D eigenvalue weighted by molar-refractivity contribution is 6.10. The molecule has 0 N–H and O–H groups in total. The smallest absolute Gasteiger partial charge is 0.191 e. The Hall–Kier alpha value is -5.68. The van der Waals surface area contributed by atoms with Gasteiger partial charge in [-0.2, -0.15) is 4.57 Å². The second-order valence-electron chi connectivity index (χ2n) is 12.5. The minimum absolute atomic E-state index is 0.259. The number of hydrogen-bond acceptors (Lipinski definition) is 2. The Labute approximate surface area is 279 Å². The molecule has 0 saturated heterocycles. The summed E-state index contributed by atoms with van der Waals surface area (Å²) in [6.45, 7) is 6.49. The summed E-state index contributed by atoms with van der Waals surface area (Å²) in [4.78, 5) is 7.03. The highest BCUT2D eigenvalue weighted by Gasteiger charge is 2.23. The van der Waals surface area contributed by atoms with Crippen molar-refractivity contribution in [3.63, 3.8) is 0 Å². The molecule has 0 saturated carbocycles. The lowest BCUT2D eigenvalue weighted by Crippen LogP contribution is -2.13. The number of benzene rings is 5. The number of aromatic nitrogens is 4. The lowest BCUT2D eigenvalue weighted by Gasteiger charge is -2.29. The first-order valence-corrected chi connectivity index (χ1v) is 16.1. The van der Waals surface area contributed by atoms with Crippen LogP contribution >= 0.6 is 0 Å². The van der Waals surface area contributed by atoms with Crippen molar-refractivity contribution in [3.8, 4) is 11.5 Å². The number of para-hydroxylation sites is 4. The van der Waals surface area contributed by atoms with E-state index in [9.17, 15) is 0 Å². The van der Waals surface area contributed by atoms with Gasteiger partial charge in [-0.15, -0.1) is 0 Å². The van der Waals surface area contributed by atoms with Gasteiger partial charge in [-0.25, -0.2) is 9.55 Å². The molecule has 0 spiro atoms. The van der Waals surface area contributed by atoms with Gasteiger partial charge in [-0.3, -0.25) is 4.57 Å². The van der Waals surface area contributed by atoms with E-state index in [4.69, 9.17) is 9.10 Å². The van der Waals surface area contributed by atoms with Crippen LogP contribution in [0.3, 0.4) is 0 Å². The number of aryl methyl sites for hydroxylation is 3. The van der Waals surface area contributed by atoms with Crippen LogP contribution in [0.1, 0.15) is 40.7 Å². The summed E-state index contributed by atoms with van der Waals surface area (Å²) in [5, 5.41) is 2.14. The number of rotatable bonds is 6. The summed E-state index contributed by atoms with van der Waals surface area (Å²) in [6, 6.07) is 42.0. The molecule has 3 aromatic heterocycles. The average Bonchev–Trinajstić information content (AvgIpc) is 3.66. The molecule has 0 radical (unpaired) electrons. The summed E-state index contributed by atoms with van der Waals surface area (Å²) >= 11 is 0. The standard InChI is InChI=1S/C42H38N5/c1-28(2)44-27-45(39-19-9-8-18-38(39)44)32-14-11-15-33(25-32)46(42-30(4)12-10-13-31(42)5)34-20-21-36-35-16-6-7-17-37(35)47(40(36)26-34)41-24-29(3)22-23-43-41/h6-28H,1-5H3/q+1/i3D3. The molecule has 0 bridgehead atoms. The van der Waals surface area contributed by atoms with E-state index in [0.29, 0.717) is 11.9 Å². The molecule has 8 aromatic rings. The van der Waals surface area contributed by atoms with Crippen LogP contribution in [0.4, 0.5) is 17.1 Å². The monoisotopic (exact) mass is 615 g/mol. The highest BCUT2D eigenvalue weighted by Crippen LogP contribution is 2.42. The van der Waals surface area contributed by atoms with Gasteiger partial charge in [-0.1, -0.05) is 42.5 Å². The van der Waals surface area contributed by atoms with Gasteiger partial charge in [0.1, 0.15) is 11.5 Å². The fourth-order valence-corrected chi connectivity index (χ4v) is 6.99. The maximum absolute atomic E-state index is 8.07. The van der Waals surface area contributed by atoms with Crippen molar-refractivity contribution >= 4 is 49.9 Å². The Kier molecular flexibility index (Phi) is 6.12. The molecule has 0 amide bonds. The van der Waals surface area contributed by atoms with Crippen molar-refractivity contribution in [2.45, 2.75) is 40.6 Å². The topological polar surface area (TPSA) is 30.9 Å². The largest absolute Gasteiger partial charge is 0.309 e. The fraction of sp³-hybridized carbons (Fsp3) is 0.143. The minimum atomic E-state index is -2.24. The summed E-state index contributed by atoms with van der Waals surface area (Å²) < 4.78 is 30.9. The number of hydrogen-bond donors (Lipinski definition) is 0. The summed E-state index contributed by atoms with van der Waals surface area (Å²) in [7, 11) is 0. The first kappa shape index (κ1) is 25.5. The molecule has 0 fully saturated rings. The fourth-order valence-electron chi connectivity index (χ4n) is 6.99. The van der Waals surface area contributed by atoms with E-state index in [0.717, 1.165) is 61.2 Å². The van der Waals surface area contributed by atoms with Crippen LogP contribution in [0, 0.1) is 20.7 Å². The van der Waals surface area contributed by atoms with Crippen LogP contribution in [-0.2, 0) is 0 Å². The number of fused-ring (bicyclic) bond motifs is 4. The Bertz CT molecular complexity index is 2540. The van der Waals surface area contributed by atoms with E-state index in [1.54, 1.807) is 18.3 Å². The first-order chi connectivity index (χ1) is 24.1. The van der Waals surface area contributed by atoms with E-state index < -0.39 is 6.85 Å². The van der Waals surface area contributed by atoms with Crippen LogP contribution in [-0.4, -0.2) is 18.7 Å². The molecule has 8 rings (SSSR count). The quantitative estimate of drug-likeness (QED) is 0.174. The molecule has 5 aromatic carbocycles. The summed E-state index contributed by atoms with van der Waals surface area (Å²) in [6.07, 6.45) is 3.78. The molecule has 0 aliphatic rings. The van der Waals surface area contributed by atoms with E-state index >= 15 is 0 Å². The second kappa shape index (κ2) is 11.3. The van der Waals surface area contributed by atoms with Gasteiger partial charge in [0.2, 0.25) is 0 Å². The molecule has 0 aliphatic carbocycles. The number of nitrogens with zero attached hydrogens (tertiary/aromatic N) is 5. The zero-order valence-electron chi connectivity index (χ0n) is 30.0. The first-order valence-electron chi connectivity index (χ1n) is 17.6. The summed E-state index contributed by atoms with van der Waals surface area (Å²) in [5.41, 5.74) is 11.0. The third-order valence-electron chi connectivity index (χ3n) is 9.14. The zero-order valence-corrected chi connectivity index (χ0v) is 27.0. The van der Waals surface area contributed by atoms with E-state index in [2.05, 4.69) is 150 Å². The summed E-state index contributed by atoms with van der Waals surface area (Å²) in [5.74, 6) is 0.570. The van der Waals surface area contributed by atoms with Gasteiger partial charge in [-0.05, 0) is 106 Å². The Morgan fingerprint density at radius 1 is 0.681 bits per heavy atom. The number of pyridine rings is 1. The van der Waals surface area contributed by atoms with Crippen LogP contribution in [0.15, 0.2) is 134 Å². The number of anilines is 3. The van der Waals surface area contributed by atoms with Crippen molar-refractivity contribution in [2.24, 2.45) is 0 Å². The molecular formula is C42H38N5+. The molecule has 47 heavy (non-hydrogen) atoms. The molecule has 0 aliphatic heterocycles. The predicted molar refractivity (Wildman–Crippen MR) is 197 cm³/mol. The molecule has 0 unspecified atom stereocenters. The van der Waals surface area contributed by atoms with Crippen molar-refractivity contribution in [3.05, 3.63) is 151 Å². The van der Waals surface area contributed by atoms with Crippen molar-refractivity contribution < 1.29 is 4.11 Å². The van der Waals surface area contributed by atoms with E-state index in [1.807, 2.05) is 12.1 Å². The van der Waals surface area contributed by atoms with Crippen LogP contribution < -0.4 is 4.90 Å². The van der Waals surface area contributed by atoms with Gasteiger partial charge < -0.3 is 4.90 Å². The van der Waals surface area contributed by atoms with Crippen molar-refractivity contribution in [1.29, 1.82) is 0 Å². The zero-order chi connectivity index (χ0) is 34.7. The lowest BCUT2D eigenvalue weighted by atomic mass is 10.0. The maximum atomic E-state index is 8.07. The third-order valence-corrected chi connectivity index (χ3v) is 9.14. The Morgan fingerprint density at radius 3 is 2.17 bits per heavy atom. The normalized spacial score (nSPS) is 12.9. The van der Waals surface area contributed by atoms with Crippen LogP contribution in [0.2, 0.25) is 0 Å². The van der Waals surface area contributed by atoms with Gasteiger partial charge in [0.25, 0.3) is 0 Å². The molecule has 5 nitrogen and oxygen atoms in total. The molecule has 0 atom stereocenters. The maximum Gasteiger partial charge on any atom is 0.191 e. The second-order valence-corrected chi connectivity index (χ2v) is 12.5. The molecular weight excluding hydrogens is 574 g/mol. The third kappa shape index (κ3) is 4.78. The SMILES string of the molecule is [2H]C([2H])([2H])c1ccnc(-n2c3ccccc3c3ccc(N(c4cccc(-n5[cH+]n(C(C)C)c6ccccc65)c4)c4c(C)cccc4C)cc32)c1. The van der Waals surface area contributed by atoms with Crippen molar-refractivity contribution in [2.75, 3.05) is 4.90 Å². The average molecular weight is 616 g/mol. The van der Waals surface area contributed by atoms with Crippen molar-refractivity contribution in [1.82, 2.24) is 18.7 Å². The minimum Gasteiger partial charge on any atom is -0.309 e. The lowest BCUT2D eigenvalue weighted by molar-refractivity contribution is 0.612.